The van der Waals surface area contributed by atoms with Gasteiger partial charge >= 0.3 is 6.03 Å². The summed E-state index contributed by atoms with van der Waals surface area (Å²) in [6, 6.07) is 14.3. The van der Waals surface area contributed by atoms with E-state index in [0.29, 0.717) is 39.3 Å². The Morgan fingerprint density at radius 2 is 1.92 bits per heavy atom. The quantitative estimate of drug-likeness (QED) is 0.448. The molecule has 9 heteroatoms. The van der Waals surface area contributed by atoms with E-state index in [4.69, 9.17) is 23.2 Å². The second-order valence-corrected chi connectivity index (χ2v) is 9.98. The summed E-state index contributed by atoms with van der Waals surface area (Å²) in [6.07, 6.45) is 2.86. The van der Waals surface area contributed by atoms with Gasteiger partial charge in [-0.3, -0.25) is 4.79 Å². The third kappa shape index (κ3) is 6.01. The Kier molecular flexibility index (Phi) is 8.52. The molecule has 3 amide bonds. The number of halogens is 2. The molecule has 2 aliphatic heterocycles. The highest BCUT2D eigenvalue weighted by molar-refractivity contribution is 6.42. The second kappa shape index (κ2) is 11.8. The van der Waals surface area contributed by atoms with E-state index in [1.165, 1.54) is 0 Å². The smallest absolute Gasteiger partial charge is 0.319 e. The predicted molar refractivity (Wildman–Crippen MR) is 141 cm³/mol. The van der Waals surface area contributed by atoms with Crippen LogP contribution in [0, 0.1) is 11.3 Å². The Balaban J connectivity index is 1.29. The number of hydrogen-bond acceptors (Lipinski definition) is 4. The maximum Gasteiger partial charge on any atom is 0.319 e. The van der Waals surface area contributed by atoms with Crippen molar-refractivity contribution in [2.75, 3.05) is 26.2 Å². The van der Waals surface area contributed by atoms with Crippen LogP contribution in [0.2, 0.25) is 10.0 Å². The van der Waals surface area contributed by atoms with E-state index in [1.807, 2.05) is 18.2 Å². The van der Waals surface area contributed by atoms with Gasteiger partial charge in [0.15, 0.2) is 0 Å². The van der Waals surface area contributed by atoms with Crippen LogP contribution in [0.3, 0.4) is 0 Å². The molecule has 0 aromatic heterocycles. The summed E-state index contributed by atoms with van der Waals surface area (Å²) in [7, 11) is 0. The number of carbonyl (C=O) groups excluding carboxylic acids is 2. The molecule has 3 N–H and O–H groups in total. The van der Waals surface area contributed by atoms with Gasteiger partial charge in [0.25, 0.3) is 5.91 Å². The maximum absolute atomic E-state index is 13.1. The molecule has 0 unspecified atom stereocenters. The zero-order chi connectivity index (χ0) is 25.7. The van der Waals surface area contributed by atoms with Crippen molar-refractivity contribution < 1.29 is 9.59 Å². The van der Waals surface area contributed by atoms with Crippen LogP contribution in [-0.4, -0.2) is 43.0 Å². The first-order valence-electron chi connectivity index (χ1n) is 12.1. The van der Waals surface area contributed by atoms with Gasteiger partial charge in [0.2, 0.25) is 0 Å². The summed E-state index contributed by atoms with van der Waals surface area (Å²) in [4.78, 5) is 27.6. The van der Waals surface area contributed by atoms with E-state index in [0.717, 1.165) is 50.0 Å². The summed E-state index contributed by atoms with van der Waals surface area (Å²) >= 11 is 12.2. The van der Waals surface area contributed by atoms with Gasteiger partial charge in [0, 0.05) is 12.2 Å². The number of rotatable bonds is 7. The highest BCUT2D eigenvalue weighted by Crippen LogP contribution is 2.32. The van der Waals surface area contributed by atoms with E-state index >= 15 is 0 Å². The summed E-state index contributed by atoms with van der Waals surface area (Å²) in [5.41, 5.74) is 3.57. The third-order valence-electron chi connectivity index (χ3n) is 6.84. The van der Waals surface area contributed by atoms with Crippen molar-refractivity contribution in [3.05, 3.63) is 80.5 Å². The minimum absolute atomic E-state index is 0.233. The molecule has 1 atom stereocenters. The average molecular weight is 526 g/mol. The normalized spacial score (nSPS) is 18.8. The van der Waals surface area contributed by atoms with Gasteiger partial charge in [-0.05, 0) is 81.1 Å². The molecular weight excluding hydrogens is 497 g/mol. The van der Waals surface area contributed by atoms with Gasteiger partial charge < -0.3 is 20.9 Å². The SMILES string of the molecule is CC1=C(C(=O)NCCCN2CCC(c3ccccc3C#N)CC2)[C@@H](c2ccc(Cl)c(Cl)c2)NC(=O)N1. The fourth-order valence-corrected chi connectivity index (χ4v) is 5.27. The zero-order valence-corrected chi connectivity index (χ0v) is 21.6. The number of likely N-dealkylation sites (tertiary alicyclic amines) is 1. The molecular formula is C27H29Cl2N5O2. The van der Waals surface area contributed by atoms with Crippen LogP contribution in [0.1, 0.15) is 54.8 Å². The van der Waals surface area contributed by atoms with E-state index in [1.54, 1.807) is 25.1 Å². The summed E-state index contributed by atoms with van der Waals surface area (Å²) < 4.78 is 0. The number of nitrogens with one attached hydrogen (secondary N) is 3. The first-order chi connectivity index (χ1) is 17.4. The molecule has 4 rings (SSSR count). The first kappa shape index (κ1) is 26.0. The summed E-state index contributed by atoms with van der Waals surface area (Å²) in [6.45, 7) is 5.06. The number of carbonyl (C=O) groups is 2. The zero-order valence-electron chi connectivity index (χ0n) is 20.1. The monoisotopic (exact) mass is 525 g/mol. The lowest BCUT2D eigenvalue weighted by atomic mass is 9.87. The molecule has 0 spiro atoms. The predicted octanol–water partition coefficient (Wildman–Crippen LogP) is 4.88. The third-order valence-corrected chi connectivity index (χ3v) is 7.58. The lowest BCUT2D eigenvalue weighted by molar-refractivity contribution is -0.118. The van der Waals surface area contributed by atoms with Crippen LogP contribution >= 0.6 is 23.2 Å². The minimum atomic E-state index is -0.621. The topological polar surface area (TPSA) is 97.3 Å². The Bertz CT molecular complexity index is 1210. The molecule has 0 saturated carbocycles. The average Bonchev–Trinajstić information content (AvgIpc) is 2.88. The van der Waals surface area contributed by atoms with Crippen molar-refractivity contribution in [1.82, 2.24) is 20.9 Å². The number of amides is 3. The number of nitriles is 1. The molecule has 36 heavy (non-hydrogen) atoms. The molecule has 0 bridgehead atoms. The Morgan fingerprint density at radius 3 is 2.64 bits per heavy atom. The molecule has 0 radical (unpaired) electrons. The Hall–Kier alpha value is -3.05. The van der Waals surface area contributed by atoms with Gasteiger partial charge in [-0.2, -0.15) is 5.26 Å². The molecule has 1 saturated heterocycles. The van der Waals surface area contributed by atoms with Gasteiger partial charge in [0.05, 0.1) is 33.3 Å². The minimum Gasteiger partial charge on any atom is -0.352 e. The van der Waals surface area contributed by atoms with Crippen LogP contribution in [0.25, 0.3) is 0 Å². The largest absolute Gasteiger partial charge is 0.352 e. The van der Waals surface area contributed by atoms with Crippen LogP contribution in [0.4, 0.5) is 4.79 Å². The van der Waals surface area contributed by atoms with Crippen molar-refractivity contribution in [1.29, 1.82) is 5.26 Å². The summed E-state index contributed by atoms with van der Waals surface area (Å²) in [5.74, 6) is 0.182. The number of nitrogens with zero attached hydrogens (tertiary/aromatic N) is 2. The lowest BCUT2D eigenvalue weighted by Gasteiger charge is -2.32. The van der Waals surface area contributed by atoms with Gasteiger partial charge in [-0.1, -0.05) is 47.5 Å². The molecule has 0 aliphatic carbocycles. The van der Waals surface area contributed by atoms with Crippen LogP contribution < -0.4 is 16.0 Å². The van der Waals surface area contributed by atoms with E-state index < -0.39 is 6.04 Å². The van der Waals surface area contributed by atoms with E-state index in [2.05, 4.69) is 33.0 Å². The first-order valence-corrected chi connectivity index (χ1v) is 12.9. The van der Waals surface area contributed by atoms with Crippen LogP contribution in [-0.2, 0) is 4.79 Å². The number of benzene rings is 2. The van der Waals surface area contributed by atoms with E-state index in [-0.39, 0.29) is 11.9 Å². The Morgan fingerprint density at radius 1 is 1.17 bits per heavy atom. The van der Waals surface area contributed by atoms with Crippen LogP contribution in [0.15, 0.2) is 53.7 Å². The molecule has 2 aliphatic rings. The van der Waals surface area contributed by atoms with Crippen molar-refractivity contribution >= 4 is 35.1 Å². The van der Waals surface area contributed by atoms with Crippen molar-refractivity contribution in [2.45, 2.75) is 38.1 Å². The molecule has 7 nitrogen and oxygen atoms in total. The highest BCUT2D eigenvalue weighted by Gasteiger charge is 2.31. The molecule has 2 heterocycles. The lowest BCUT2D eigenvalue weighted by Crippen LogP contribution is -2.47. The number of urea groups is 1. The molecule has 188 valence electrons. The van der Waals surface area contributed by atoms with Gasteiger partial charge in [-0.15, -0.1) is 0 Å². The van der Waals surface area contributed by atoms with Crippen molar-refractivity contribution in [3.63, 3.8) is 0 Å². The summed E-state index contributed by atoms with van der Waals surface area (Å²) in [5, 5.41) is 18.6. The number of piperidine rings is 1. The number of hydrogen-bond donors (Lipinski definition) is 3. The second-order valence-electron chi connectivity index (χ2n) is 9.17. The fraction of sp³-hybridized carbons (Fsp3) is 0.370. The fourth-order valence-electron chi connectivity index (χ4n) is 4.96. The van der Waals surface area contributed by atoms with Crippen molar-refractivity contribution in [3.8, 4) is 6.07 Å². The van der Waals surface area contributed by atoms with Gasteiger partial charge in [0.1, 0.15) is 0 Å². The highest BCUT2D eigenvalue weighted by atomic mass is 35.5. The molecule has 2 aromatic rings. The van der Waals surface area contributed by atoms with Gasteiger partial charge in [-0.25, -0.2) is 4.79 Å². The van der Waals surface area contributed by atoms with E-state index in [9.17, 15) is 14.9 Å². The van der Waals surface area contributed by atoms with Crippen LogP contribution in [0.5, 0.6) is 0 Å². The molecule has 1 fully saturated rings. The standard InChI is InChI=1S/C27H29Cl2N5O2/c1-17-24(25(33-27(36)32-17)19-7-8-22(28)23(29)15-19)26(35)31-11-4-12-34-13-9-18(10-14-34)21-6-3-2-5-20(21)16-30/h2-3,5-8,15,18,25H,4,9-14H2,1H3,(H,31,35)(H2,32,33,36)/t25-/m1/s1. The Labute approximate surface area is 221 Å². The molecule has 2 aromatic carbocycles. The van der Waals surface area contributed by atoms with Crippen molar-refractivity contribution in [2.24, 2.45) is 0 Å². The maximum atomic E-state index is 13.1. The number of allylic oxidation sites excluding steroid dienone is 1.